The first-order valence-corrected chi connectivity index (χ1v) is 12.9. The molecule has 1 saturated heterocycles. The maximum absolute atomic E-state index is 13.6. The molecular weight excluding hydrogens is 454 g/mol. The number of benzene rings is 2. The summed E-state index contributed by atoms with van der Waals surface area (Å²) in [5.41, 5.74) is 1.53. The van der Waals surface area contributed by atoms with Gasteiger partial charge in [-0.1, -0.05) is 29.8 Å². The van der Waals surface area contributed by atoms with Gasteiger partial charge in [-0.15, -0.1) is 0 Å². The first kappa shape index (κ1) is 22.5. The number of anilines is 1. The molecule has 0 unspecified atom stereocenters. The van der Waals surface area contributed by atoms with Gasteiger partial charge in [0.2, 0.25) is 32.5 Å². The summed E-state index contributed by atoms with van der Waals surface area (Å²) < 4.78 is 38.8. The van der Waals surface area contributed by atoms with Crippen LogP contribution in [0.3, 0.4) is 0 Å². The van der Waals surface area contributed by atoms with E-state index in [-0.39, 0.29) is 33.5 Å². The van der Waals surface area contributed by atoms with Crippen molar-refractivity contribution in [1.29, 1.82) is 0 Å². The van der Waals surface area contributed by atoms with Crippen LogP contribution in [-0.4, -0.2) is 57.5 Å². The van der Waals surface area contributed by atoms with Crippen molar-refractivity contribution in [2.75, 3.05) is 38.2 Å². The Hall–Kier alpha value is -3.33. The number of ether oxygens (including phenoxy) is 1. The predicted octanol–water partition coefficient (Wildman–Crippen LogP) is 3.55. The zero-order valence-corrected chi connectivity index (χ0v) is 20.0. The molecule has 178 valence electrons. The van der Waals surface area contributed by atoms with E-state index in [0.29, 0.717) is 37.5 Å². The van der Waals surface area contributed by atoms with Crippen molar-refractivity contribution in [2.24, 2.45) is 5.92 Å². The first-order chi connectivity index (χ1) is 16.4. The van der Waals surface area contributed by atoms with Gasteiger partial charge in [0.25, 0.3) is 0 Å². The number of rotatable bonds is 6. The number of para-hydroxylation sites is 1. The molecule has 0 spiro atoms. The lowest BCUT2D eigenvalue weighted by molar-refractivity contribution is -0.132. The number of aryl methyl sites for hydroxylation is 1. The fraction of sp³-hybridized carbons (Fsp3) is 0.360. The second kappa shape index (κ2) is 8.79. The van der Waals surface area contributed by atoms with E-state index in [1.807, 2.05) is 28.9 Å². The van der Waals surface area contributed by atoms with Crippen LogP contribution in [0.2, 0.25) is 0 Å². The summed E-state index contributed by atoms with van der Waals surface area (Å²) in [6.45, 7) is 3.87. The summed E-state index contributed by atoms with van der Waals surface area (Å²) >= 11 is 0. The number of aromatic nitrogens is 1. The maximum atomic E-state index is 13.6. The number of hydrogen-bond donors (Lipinski definition) is 0. The Labute approximate surface area is 199 Å². The Morgan fingerprint density at radius 1 is 1.03 bits per heavy atom. The van der Waals surface area contributed by atoms with Crippen molar-refractivity contribution < 1.29 is 22.4 Å². The standard InChI is InChI=1S/C25H27N3O5S/c1-17-7-11-19(12-8-17)34(30,31)23-25(28-15-13-27(14-16-28)24(29)18-9-10-18)33-22(26-23)20-5-3-4-6-21(20)32-2/h3-8,11-12,18H,9-10,13-16H2,1-2H3. The lowest BCUT2D eigenvalue weighted by Crippen LogP contribution is -2.49. The van der Waals surface area contributed by atoms with Gasteiger partial charge in [-0.2, -0.15) is 4.98 Å². The number of carbonyl (C=O) groups excluding carboxylic acids is 1. The number of piperazine rings is 1. The van der Waals surface area contributed by atoms with E-state index in [1.54, 1.807) is 43.5 Å². The fourth-order valence-corrected chi connectivity index (χ4v) is 5.48. The number of amides is 1. The molecule has 1 aliphatic heterocycles. The number of oxazole rings is 1. The Kier molecular flexibility index (Phi) is 5.81. The van der Waals surface area contributed by atoms with Crippen molar-refractivity contribution in [3.63, 3.8) is 0 Å². The number of methoxy groups -OCH3 is 1. The molecular formula is C25H27N3O5S. The zero-order chi connectivity index (χ0) is 23.9. The van der Waals surface area contributed by atoms with E-state index < -0.39 is 9.84 Å². The summed E-state index contributed by atoms with van der Waals surface area (Å²) in [7, 11) is -2.40. The topological polar surface area (TPSA) is 93.0 Å². The smallest absolute Gasteiger partial charge is 0.236 e. The van der Waals surface area contributed by atoms with Gasteiger partial charge in [0.05, 0.1) is 17.6 Å². The fourth-order valence-electron chi connectivity index (χ4n) is 4.16. The lowest BCUT2D eigenvalue weighted by Gasteiger charge is -2.34. The van der Waals surface area contributed by atoms with E-state index in [4.69, 9.17) is 9.15 Å². The molecule has 2 heterocycles. The number of sulfone groups is 1. The maximum Gasteiger partial charge on any atom is 0.236 e. The summed E-state index contributed by atoms with van der Waals surface area (Å²) in [6, 6.07) is 13.9. The highest BCUT2D eigenvalue weighted by Gasteiger charge is 2.37. The number of carbonyl (C=O) groups is 1. The van der Waals surface area contributed by atoms with E-state index >= 15 is 0 Å². The summed E-state index contributed by atoms with van der Waals surface area (Å²) in [5, 5.41) is -0.126. The van der Waals surface area contributed by atoms with Gasteiger partial charge in [-0.3, -0.25) is 4.79 Å². The molecule has 3 aromatic rings. The molecule has 2 aromatic carbocycles. The molecule has 9 heteroatoms. The average Bonchev–Trinajstić information content (AvgIpc) is 3.61. The highest BCUT2D eigenvalue weighted by Crippen LogP contribution is 2.38. The molecule has 8 nitrogen and oxygen atoms in total. The van der Waals surface area contributed by atoms with Gasteiger partial charge in [0, 0.05) is 32.1 Å². The molecule has 1 saturated carbocycles. The minimum atomic E-state index is -3.94. The van der Waals surface area contributed by atoms with Crippen LogP contribution in [-0.2, 0) is 14.6 Å². The number of nitrogens with zero attached hydrogens (tertiary/aromatic N) is 3. The van der Waals surface area contributed by atoms with Gasteiger partial charge in [0.1, 0.15) is 5.75 Å². The quantitative estimate of drug-likeness (QED) is 0.532. The SMILES string of the molecule is COc1ccccc1-c1nc(S(=O)(=O)c2ccc(C)cc2)c(N2CCN(C(=O)C3CC3)CC2)o1. The van der Waals surface area contributed by atoms with Crippen molar-refractivity contribution in [3.8, 4) is 17.2 Å². The van der Waals surface area contributed by atoms with Gasteiger partial charge in [-0.25, -0.2) is 8.42 Å². The third-order valence-corrected chi connectivity index (χ3v) is 7.98. The molecule has 1 amide bonds. The predicted molar refractivity (Wildman–Crippen MR) is 127 cm³/mol. The van der Waals surface area contributed by atoms with Crippen LogP contribution in [0, 0.1) is 12.8 Å². The summed E-state index contributed by atoms with van der Waals surface area (Å²) in [6.07, 6.45) is 1.92. The van der Waals surface area contributed by atoms with Crippen LogP contribution in [0.5, 0.6) is 5.75 Å². The van der Waals surface area contributed by atoms with Crippen molar-refractivity contribution in [3.05, 3.63) is 54.1 Å². The molecule has 34 heavy (non-hydrogen) atoms. The highest BCUT2D eigenvalue weighted by atomic mass is 32.2. The van der Waals surface area contributed by atoms with Crippen LogP contribution >= 0.6 is 0 Å². The molecule has 1 aliphatic carbocycles. The minimum absolute atomic E-state index is 0.126. The lowest BCUT2D eigenvalue weighted by atomic mass is 10.2. The Balaban J connectivity index is 1.54. The largest absolute Gasteiger partial charge is 0.496 e. The molecule has 0 bridgehead atoms. The second-order valence-corrected chi connectivity index (χ2v) is 10.6. The highest BCUT2D eigenvalue weighted by molar-refractivity contribution is 7.91. The molecule has 2 aliphatic rings. The van der Waals surface area contributed by atoms with Crippen LogP contribution in [0.1, 0.15) is 18.4 Å². The Bertz CT molecular complexity index is 1300. The Morgan fingerprint density at radius 2 is 1.71 bits per heavy atom. The molecule has 2 fully saturated rings. The Morgan fingerprint density at radius 3 is 2.35 bits per heavy atom. The molecule has 1 aromatic heterocycles. The summed E-state index contributed by atoms with van der Waals surface area (Å²) in [5.74, 6) is 1.26. The van der Waals surface area contributed by atoms with Gasteiger partial charge >= 0.3 is 0 Å². The third-order valence-electron chi connectivity index (χ3n) is 6.31. The van der Waals surface area contributed by atoms with Gasteiger partial charge in [0.15, 0.2) is 0 Å². The van der Waals surface area contributed by atoms with Gasteiger partial charge in [-0.05, 0) is 44.0 Å². The molecule has 5 rings (SSSR count). The van der Waals surface area contributed by atoms with Crippen LogP contribution in [0.15, 0.2) is 62.9 Å². The molecule has 0 radical (unpaired) electrons. The van der Waals surface area contributed by atoms with E-state index in [2.05, 4.69) is 4.98 Å². The minimum Gasteiger partial charge on any atom is -0.496 e. The summed E-state index contributed by atoms with van der Waals surface area (Å²) in [4.78, 5) is 20.8. The zero-order valence-electron chi connectivity index (χ0n) is 19.2. The third kappa shape index (κ3) is 4.16. The van der Waals surface area contributed by atoms with E-state index in [0.717, 1.165) is 18.4 Å². The van der Waals surface area contributed by atoms with Crippen molar-refractivity contribution >= 4 is 21.6 Å². The van der Waals surface area contributed by atoms with Crippen LogP contribution in [0.25, 0.3) is 11.5 Å². The van der Waals surface area contributed by atoms with E-state index in [9.17, 15) is 13.2 Å². The second-order valence-electron chi connectivity index (χ2n) is 8.73. The van der Waals surface area contributed by atoms with E-state index in [1.165, 1.54) is 0 Å². The average molecular weight is 482 g/mol. The normalized spacial score (nSPS) is 16.5. The van der Waals surface area contributed by atoms with Gasteiger partial charge < -0.3 is 19.0 Å². The number of hydrogen-bond acceptors (Lipinski definition) is 7. The van der Waals surface area contributed by atoms with Crippen LogP contribution < -0.4 is 9.64 Å². The van der Waals surface area contributed by atoms with Crippen molar-refractivity contribution in [2.45, 2.75) is 29.7 Å². The van der Waals surface area contributed by atoms with Crippen LogP contribution in [0.4, 0.5) is 5.88 Å². The molecule has 0 atom stereocenters. The first-order valence-electron chi connectivity index (χ1n) is 11.4. The monoisotopic (exact) mass is 481 g/mol. The molecule has 0 N–H and O–H groups in total. The van der Waals surface area contributed by atoms with Crippen molar-refractivity contribution in [1.82, 2.24) is 9.88 Å².